The molecule has 0 fully saturated rings. The quantitative estimate of drug-likeness (QED) is 0.477. The van der Waals surface area contributed by atoms with Crippen molar-refractivity contribution < 1.29 is 9.50 Å². The number of nitrogens with one attached hydrogen (secondary N) is 1. The van der Waals surface area contributed by atoms with Gasteiger partial charge in [-0.2, -0.15) is 10.1 Å². The number of H-pyrrole nitrogens is 1. The molecule has 0 aliphatic heterocycles. The van der Waals surface area contributed by atoms with Gasteiger partial charge in [-0.1, -0.05) is 44.2 Å². The SMILES string of the molecule is CC(C)CN(CC(O)c1ccc(F)cc1)c1nc2c(cnn2-c2ccccc2)c(=O)[nH]1. The van der Waals surface area contributed by atoms with Crippen LogP contribution in [0.15, 0.2) is 65.6 Å². The molecule has 0 saturated heterocycles. The van der Waals surface area contributed by atoms with E-state index in [0.29, 0.717) is 29.1 Å². The largest absolute Gasteiger partial charge is 0.387 e. The van der Waals surface area contributed by atoms with Gasteiger partial charge >= 0.3 is 0 Å². The zero-order valence-corrected chi connectivity index (χ0v) is 17.4. The molecular weight excluding hydrogens is 397 g/mol. The highest BCUT2D eigenvalue weighted by Crippen LogP contribution is 2.21. The number of para-hydroxylation sites is 1. The minimum absolute atomic E-state index is 0.192. The first-order valence-corrected chi connectivity index (χ1v) is 10.1. The van der Waals surface area contributed by atoms with Gasteiger partial charge in [0.1, 0.15) is 11.2 Å². The third-order valence-corrected chi connectivity index (χ3v) is 4.96. The van der Waals surface area contributed by atoms with Crippen molar-refractivity contribution in [1.29, 1.82) is 0 Å². The molecule has 4 rings (SSSR count). The fourth-order valence-electron chi connectivity index (χ4n) is 3.50. The lowest BCUT2D eigenvalue weighted by Crippen LogP contribution is -2.34. The number of benzene rings is 2. The van der Waals surface area contributed by atoms with Crippen LogP contribution in [0.4, 0.5) is 10.3 Å². The fraction of sp³-hybridized carbons (Fsp3) is 0.261. The third kappa shape index (κ3) is 4.49. The molecule has 0 aliphatic rings. The third-order valence-electron chi connectivity index (χ3n) is 4.96. The number of aromatic nitrogens is 4. The summed E-state index contributed by atoms with van der Waals surface area (Å²) in [5.74, 6) is 0.242. The van der Waals surface area contributed by atoms with Crippen LogP contribution in [0.2, 0.25) is 0 Å². The lowest BCUT2D eigenvalue weighted by atomic mass is 10.1. The molecular formula is C23H24FN5O2. The number of hydrogen-bond acceptors (Lipinski definition) is 5. The topological polar surface area (TPSA) is 87.0 Å². The molecule has 0 radical (unpaired) electrons. The molecule has 0 saturated carbocycles. The van der Waals surface area contributed by atoms with Crippen LogP contribution < -0.4 is 10.5 Å². The van der Waals surface area contributed by atoms with E-state index in [1.807, 2.05) is 49.1 Å². The highest BCUT2D eigenvalue weighted by atomic mass is 19.1. The van der Waals surface area contributed by atoms with Crippen molar-refractivity contribution in [3.63, 3.8) is 0 Å². The lowest BCUT2D eigenvalue weighted by Gasteiger charge is -2.27. The van der Waals surface area contributed by atoms with Crippen molar-refractivity contribution in [3.8, 4) is 5.69 Å². The Morgan fingerprint density at radius 1 is 1.10 bits per heavy atom. The van der Waals surface area contributed by atoms with Gasteiger partial charge in [0, 0.05) is 6.54 Å². The van der Waals surface area contributed by atoms with Gasteiger partial charge in [0.05, 0.1) is 24.5 Å². The van der Waals surface area contributed by atoms with Crippen molar-refractivity contribution in [2.75, 3.05) is 18.0 Å². The summed E-state index contributed by atoms with van der Waals surface area (Å²) in [6.45, 7) is 4.84. The second-order valence-electron chi connectivity index (χ2n) is 7.88. The Bertz CT molecular complexity index is 1220. The van der Waals surface area contributed by atoms with Crippen LogP contribution in [0.25, 0.3) is 16.7 Å². The molecule has 7 nitrogen and oxygen atoms in total. The van der Waals surface area contributed by atoms with Gasteiger partial charge in [0.2, 0.25) is 5.95 Å². The molecule has 0 bridgehead atoms. The molecule has 2 aromatic heterocycles. The summed E-state index contributed by atoms with van der Waals surface area (Å²) in [5.41, 5.74) is 1.53. The second-order valence-corrected chi connectivity index (χ2v) is 7.88. The van der Waals surface area contributed by atoms with Gasteiger partial charge in [-0.15, -0.1) is 0 Å². The van der Waals surface area contributed by atoms with Crippen LogP contribution in [0, 0.1) is 11.7 Å². The number of halogens is 1. The van der Waals surface area contributed by atoms with Crippen LogP contribution in [0.1, 0.15) is 25.5 Å². The smallest absolute Gasteiger partial charge is 0.263 e. The maximum Gasteiger partial charge on any atom is 0.263 e. The van der Waals surface area contributed by atoms with E-state index in [1.54, 1.807) is 16.8 Å². The van der Waals surface area contributed by atoms with E-state index in [4.69, 9.17) is 0 Å². The Morgan fingerprint density at radius 2 is 1.81 bits per heavy atom. The molecule has 160 valence electrons. The van der Waals surface area contributed by atoms with Crippen LogP contribution in [-0.2, 0) is 0 Å². The van der Waals surface area contributed by atoms with E-state index >= 15 is 0 Å². The zero-order valence-electron chi connectivity index (χ0n) is 17.4. The second kappa shape index (κ2) is 8.69. The number of aliphatic hydroxyl groups is 1. The maximum absolute atomic E-state index is 13.2. The first kappa shape index (κ1) is 20.7. The Hall–Kier alpha value is -3.52. The van der Waals surface area contributed by atoms with Gasteiger partial charge in [-0.05, 0) is 35.7 Å². The number of nitrogens with zero attached hydrogens (tertiary/aromatic N) is 4. The summed E-state index contributed by atoms with van der Waals surface area (Å²) in [7, 11) is 0. The first-order valence-electron chi connectivity index (χ1n) is 10.1. The summed E-state index contributed by atoms with van der Waals surface area (Å²) in [4.78, 5) is 22.1. The normalized spacial score (nSPS) is 12.4. The summed E-state index contributed by atoms with van der Waals surface area (Å²) in [6, 6.07) is 15.2. The zero-order chi connectivity index (χ0) is 22.0. The minimum atomic E-state index is -0.876. The van der Waals surface area contributed by atoms with Crippen LogP contribution >= 0.6 is 0 Å². The standard InChI is InChI=1S/C23H24FN5O2/c1-15(2)13-28(14-20(30)16-8-10-17(24)11-9-16)23-26-21-19(22(31)27-23)12-25-29(21)18-6-4-3-5-7-18/h3-12,15,20,30H,13-14H2,1-2H3,(H,26,27,31). The predicted octanol–water partition coefficient (Wildman–Crippen LogP) is 3.44. The number of hydrogen-bond donors (Lipinski definition) is 2. The van der Waals surface area contributed by atoms with Crippen molar-refractivity contribution >= 4 is 17.0 Å². The monoisotopic (exact) mass is 421 g/mol. The summed E-state index contributed by atoms with van der Waals surface area (Å²) in [6.07, 6.45) is 0.623. The van der Waals surface area contributed by atoms with E-state index < -0.39 is 6.10 Å². The van der Waals surface area contributed by atoms with E-state index in [2.05, 4.69) is 15.1 Å². The molecule has 2 heterocycles. The van der Waals surface area contributed by atoms with E-state index in [9.17, 15) is 14.3 Å². The summed E-state index contributed by atoms with van der Waals surface area (Å²) >= 11 is 0. The molecule has 2 N–H and O–H groups in total. The Balaban J connectivity index is 1.73. The van der Waals surface area contributed by atoms with Crippen molar-refractivity contribution in [1.82, 2.24) is 19.7 Å². The lowest BCUT2D eigenvalue weighted by molar-refractivity contribution is 0.182. The van der Waals surface area contributed by atoms with Gasteiger partial charge < -0.3 is 10.0 Å². The Morgan fingerprint density at radius 3 is 2.48 bits per heavy atom. The van der Waals surface area contributed by atoms with E-state index in [-0.39, 0.29) is 23.8 Å². The fourth-order valence-corrected chi connectivity index (χ4v) is 3.50. The molecule has 0 spiro atoms. The van der Waals surface area contributed by atoms with Crippen molar-refractivity contribution in [2.24, 2.45) is 5.92 Å². The predicted molar refractivity (Wildman–Crippen MR) is 118 cm³/mol. The summed E-state index contributed by atoms with van der Waals surface area (Å²) < 4.78 is 14.9. The van der Waals surface area contributed by atoms with Crippen LogP contribution in [0.5, 0.6) is 0 Å². The van der Waals surface area contributed by atoms with Gasteiger partial charge in [0.15, 0.2) is 5.65 Å². The number of aromatic amines is 1. The van der Waals surface area contributed by atoms with Crippen molar-refractivity contribution in [3.05, 3.63) is 82.5 Å². The number of fused-ring (bicyclic) bond motifs is 1. The molecule has 0 amide bonds. The van der Waals surface area contributed by atoms with Crippen LogP contribution in [-0.4, -0.2) is 37.9 Å². The number of rotatable bonds is 7. The van der Waals surface area contributed by atoms with Gasteiger partial charge in [0.25, 0.3) is 5.56 Å². The average molecular weight is 421 g/mol. The van der Waals surface area contributed by atoms with Gasteiger partial charge in [-0.25, -0.2) is 9.07 Å². The minimum Gasteiger partial charge on any atom is -0.387 e. The molecule has 8 heteroatoms. The van der Waals surface area contributed by atoms with Gasteiger partial charge in [-0.3, -0.25) is 9.78 Å². The highest BCUT2D eigenvalue weighted by molar-refractivity contribution is 5.76. The van der Waals surface area contributed by atoms with Crippen molar-refractivity contribution in [2.45, 2.75) is 20.0 Å². The molecule has 1 unspecified atom stereocenters. The molecule has 4 aromatic rings. The molecule has 0 aliphatic carbocycles. The van der Waals surface area contributed by atoms with E-state index in [1.165, 1.54) is 18.3 Å². The molecule has 1 atom stereocenters. The molecule has 2 aromatic carbocycles. The number of anilines is 1. The Labute approximate surface area is 178 Å². The highest BCUT2D eigenvalue weighted by Gasteiger charge is 2.20. The first-order chi connectivity index (χ1) is 14.9. The number of aliphatic hydroxyl groups excluding tert-OH is 1. The maximum atomic E-state index is 13.2. The summed E-state index contributed by atoms with van der Waals surface area (Å²) in [5, 5.41) is 15.5. The van der Waals surface area contributed by atoms with E-state index in [0.717, 1.165) is 5.69 Å². The average Bonchev–Trinajstić information content (AvgIpc) is 3.18. The van der Waals surface area contributed by atoms with Crippen LogP contribution in [0.3, 0.4) is 0 Å². The molecule has 31 heavy (non-hydrogen) atoms. The Kier molecular flexibility index (Phi) is 5.81.